The first kappa shape index (κ1) is 15.2. The monoisotopic (exact) mass is 330 g/mol. The summed E-state index contributed by atoms with van der Waals surface area (Å²) in [6, 6.07) is 5.36. The summed E-state index contributed by atoms with van der Waals surface area (Å²) in [7, 11) is 0. The standard InChI is InChI=1S/C15H14N4O3S/c1-9(21)17-14(22)11-3-2-10-4-5-19(12(10)6-11)13-7-23-15(18-13)16-8-20/h2-3,6-8H,4-5H2,1H3,(H,16,18,20)(H,17,21,22). The van der Waals surface area contributed by atoms with Gasteiger partial charge in [0.2, 0.25) is 12.3 Å². The Morgan fingerprint density at radius 2 is 2.22 bits per heavy atom. The number of hydrogen-bond acceptors (Lipinski definition) is 6. The van der Waals surface area contributed by atoms with Gasteiger partial charge in [0.1, 0.15) is 5.82 Å². The maximum Gasteiger partial charge on any atom is 0.257 e. The first-order valence-corrected chi connectivity index (χ1v) is 7.84. The molecule has 0 atom stereocenters. The minimum atomic E-state index is -0.422. The summed E-state index contributed by atoms with van der Waals surface area (Å²) in [4.78, 5) is 39.8. The predicted molar refractivity (Wildman–Crippen MR) is 87.1 cm³/mol. The Labute approximate surface area is 136 Å². The van der Waals surface area contributed by atoms with Gasteiger partial charge in [-0.15, -0.1) is 11.3 Å². The van der Waals surface area contributed by atoms with E-state index in [0.29, 0.717) is 17.1 Å². The molecule has 2 heterocycles. The molecule has 1 aliphatic heterocycles. The molecular weight excluding hydrogens is 316 g/mol. The molecular formula is C15H14N4O3S. The van der Waals surface area contributed by atoms with E-state index >= 15 is 0 Å². The Morgan fingerprint density at radius 3 is 2.96 bits per heavy atom. The van der Waals surface area contributed by atoms with Crippen molar-refractivity contribution in [2.75, 3.05) is 16.8 Å². The molecule has 1 aromatic carbocycles. The highest BCUT2D eigenvalue weighted by atomic mass is 32.1. The quantitative estimate of drug-likeness (QED) is 0.832. The molecule has 0 saturated heterocycles. The number of benzene rings is 1. The van der Waals surface area contributed by atoms with E-state index in [1.165, 1.54) is 18.3 Å². The number of thiazole rings is 1. The van der Waals surface area contributed by atoms with Crippen molar-refractivity contribution >= 4 is 46.2 Å². The molecule has 0 radical (unpaired) electrons. The lowest BCUT2D eigenvalue weighted by Crippen LogP contribution is -2.28. The maximum absolute atomic E-state index is 12.0. The van der Waals surface area contributed by atoms with Crippen molar-refractivity contribution in [2.24, 2.45) is 0 Å². The Hall–Kier alpha value is -2.74. The average molecular weight is 330 g/mol. The minimum absolute atomic E-state index is 0.392. The number of nitrogens with one attached hydrogen (secondary N) is 2. The Kier molecular flexibility index (Phi) is 4.07. The number of aromatic nitrogens is 1. The van der Waals surface area contributed by atoms with Crippen molar-refractivity contribution in [1.82, 2.24) is 10.3 Å². The second-order valence-electron chi connectivity index (χ2n) is 5.03. The third-order valence-electron chi connectivity index (χ3n) is 3.48. The van der Waals surface area contributed by atoms with E-state index in [1.807, 2.05) is 16.3 Å². The molecule has 1 aromatic heterocycles. The summed E-state index contributed by atoms with van der Waals surface area (Å²) in [6.45, 7) is 2.05. The molecule has 3 rings (SSSR count). The summed E-state index contributed by atoms with van der Waals surface area (Å²) in [5, 5.41) is 7.16. The Balaban J connectivity index is 1.89. The molecule has 0 spiro atoms. The number of anilines is 3. The molecule has 0 bridgehead atoms. The number of carbonyl (C=O) groups is 3. The molecule has 2 N–H and O–H groups in total. The van der Waals surface area contributed by atoms with Crippen molar-refractivity contribution in [2.45, 2.75) is 13.3 Å². The van der Waals surface area contributed by atoms with E-state index in [1.54, 1.807) is 12.1 Å². The molecule has 118 valence electrons. The average Bonchev–Trinajstić information content (AvgIpc) is 3.12. The van der Waals surface area contributed by atoms with E-state index in [2.05, 4.69) is 15.6 Å². The number of rotatable bonds is 4. The number of carbonyl (C=O) groups excluding carboxylic acids is 3. The number of imide groups is 1. The fourth-order valence-electron chi connectivity index (χ4n) is 2.50. The van der Waals surface area contributed by atoms with Gasteiger partial charge in [0.15, 0.2) is 5.13 Å². The van der Waals surface area contributed by atoms with Gasteiger partial charge in [0.25, 0.3) is 5.91 Å². The van der Waals surface area contributed by atoms with Crippen molar-refractivity contribution in [3.63, 3.8) is 0 Å². The largest absolute Gasteiger partial charge is 0.325 e. The van der Waals surface area contributed by atoms with Crippen LogP contribution in [0, 0.1) is 0 Å². The van der Waals surface area contributed by atoms with E-state index < -0.39 is 11.8 Å². The second kappa shape index (κ2) is 6.17. The van der Waals surface area contributed by atoms with Crippen LogP contribution in [0.5, 0.6) is 0 Å². The van der Waals surface area contributed by atoms with Crippen molar-refractivity contribution in [3.8, 4) is 0 Å². The number of fused-ring (bicyclic) bond motifs is 1. The van der Waals surface area contributed by atoms with Crippen LogP contribution in [0.2, 0.25) is 0 Å². The number of amides is 3. The first-order chi connectivity index (χ1) is 11.1. The molecule has 2 aromatic rings. The van der Waals surface area contributed by atoms with Gasteiger partial charge >= 0.3 is 0 Å². The lowest BCUT2D eigenvalue weighted by Gasteiger charge is -2.17. The minimum Gasteiger partial charge on any atom is -0.325 e. The van der Waals surface area contributed by atoms with Crippen LogP contribution >= 0.6 is 11.3 Å². The van der Waals surface area contributed by atoms with Gasteiger partial charge in [-0.05, 0) is 24.1 Å². The predicted octanol–water partition coefficient (Wildman–Crippen LogP) is 1.68. The van der Waals surface area contributed by atoms with Crippen LogP contribution in [0.1, 0.15) is 22.8 Å². The van der Waals surface area contributed by atoms with Crippen molar-refractivity contribution in [1.29, 1.82) is 0 Å². The van der Waals surface area contributed by atoms with E-state index in [0.717, 1.165) is 30.0 Å². The number of nitrogens with zero attached hydrogens (tertiary/aromatic N) is 2. The summed E-state index contributed by atoms with van der Waals surface area (Å²) >= 11 is 1.34. The van der Waals surface area contributed by atoms with Crippen LogP contribution in [0.3, 0.4) is 0 Å². The van der Waals surface area contributed by atoms with Gasteiger partial charge in [-0.3, -0.25) is 19.7 Å². The molecule has 7 nitrogen and oxygen atoms in total. The SMILES string of the molecule is CC(=O)NC(=O)c1ccc2c(c1)N(c1csc(NC=O)n1)CC2. The zero-order chi connectivity index (χ0) is 16.4. The fourth-order valence-corrected chi connectivity index (χ4v) is 3.16. The van der Waals surface area contributed by atoms with Crippen LogP contribution in [0.25, 0.3) is 0 Å². The van der Waals surface area contributed by atoms with Gasteiger partial charge in [0, 0.05) is 30.1 Å². The molecule has 0 aliphatic carbocycles. The molecule has 23 heavy (non-hydrogen) atoms. The highest BCUT2D eigenvalue weighted by Crippen LogP contribution is 2.36. The van der Waals surface area contributed by atoms with Gasteiger partial charge in [-0.25, -0.2) is 4.98 Å². The van der Waals surface area contributed by atoms with Crippen LogP contribution in [0.4, 0.5) is 16.6 Å². The number of hydrogen-bond donors (Lipinski definition) is 2. The topological polar surface area (TPSA) is 91.4 Å². The Bertz CT molecular complexity index is 787. The highest BCUT2D eigenvalue weighted by Gasteiger charge is 2.24. The molecule has 0 saturated carbocycles. The van der Waals surface area contributed by atoms with Crippen molar-refractivity contribution in [3.05, 3.63) is 34.7 Å². The highest BCUT2D eigenvalue weighted by molar-refractivity contribution is 7.14. The van der Waals surface area contributed by atoms with E-state index in [-0.39, 0.29) is 0 Å². The van der Waals surface area contributed by atoms with E-state index in [9.17, 15) is 14.4 Å². The summed E-state index contributed by atoms with van der Waals surface area (Å²) in [6.07, 6.45) is 1.43. The molecule has 3 amide bonds. The summed E-state index contributed by atoms with van der Waals surface area (Å²) in [5.74, 6) is -0.0904. The van der Waals surface area contributed by atoms with Crippen LogP contribution in [-0.2, 0) is 16.0 Å². The Morgan fingerprint density at radius 1 is 1.39 bits per heavy atom. The zero-order valence-corrected chi connectivity index (χ0v) is 13.1. The van der Waals surface area contributed by atoms with Gasteiger partial charge in [-0.2, -0.15) is 0 Å². The third kappa shape index (κ3) is 3.07. The van der Waals surface area contributed by atoms with E-state index in [4.69, 9.17) is 0 Å². The smallest absolute Gasteiger partial charge is 0.257 e. The summed E-state index contributed by atoms with van der Waals surface area (Å²) < 4.78 is 0. The second-order valence-corrected chi connectivity index (χ2v) is 5.89. The molecule has 0 fully saturated rings. The molecule has 0 unspecified atom stereocenters. The molecule has 8 heteroatoms. The van der Waals surface area contributed by atoms with Crippen molar-refractivity contribution < 1.29 is 14.4 Å². The lowest BCUT2D eigenvalue weighted by molar-refractivity contribution is -0.118. The summed E-state index contributed by atoms with van der Waals surface area (Å²) in [5.41, 5.74) is 2.43. The van der Waals surface area contributed by atoms with Gasteiger partial charge in [0.05, 0.1) is 0 Å². The first-order valence-electron chi connectivity index (χ1n) is 6.96. The fraction of sp³-hybridized carbons (Fsp3) is 0.200. The lowest BCUT2D eigenvalue weighted by atomic mass is 10.1. The molecule has 1 aliphatic rings. The van der Waals surface area contributed by atoms with Crippen LogP contribution in [0.15, 0.2) is 23.6 Å². The zero-order valence-electron chi connectivity index (χ0n) is 12.3. The normalized spacial score (nSPS) is 12.7. The van der Waals surface area contributed by atoms with Crippen LogP contribution < -0.4 is 15.5 Å². The van der Waals surface area contributed by atoms with Gasteiger partial charge in [-0.1, -0.05) is 6.07 Å². The van der Waals surface area contributed by atoms with Gasteiger partial charge < -0.3 is 10.2 Å². The maximum atomic E-state index is 12.0. The van der Waals surface area contributed by atoms with Crippen LogP contribution in [-0.4, -0.2) is 29.8 Å². The third-order valence-corrected chi connectivity index (χ3v) is 4.24.